The molecule has 0 saturated carbocycles. The number of urea groups is 1. The number of hydrogen-bond acceptors (Lipinski definition) is 3. The molecule has 124 valence electrons. The number of anilines is 1. The Bertz CT molecular complexity index is 698. The summed E-state index contributed by atoms with van der Waals surface area (Å²) in [6, 6.07) is 5.76. The van der Waals surface area contributed by atoms with Crippen molar-refractivity contribution < 1.29 is 9.53 Å². The Kier molecular flexibility index (Phi) is 4.93. The van der Waals surface area contributed by atoms with E-state index in [1.54, 1.807) is 30.8 Å². The minimum Gasteiger partial charge on any atom is -0.496 e. The number of methoxy groups -OCH3 is 1. The van der Waals surface area contributed by atoms with E-state index in [1.165, 1.54) is 0 Å². The summed E-state index contributed by atoms with van der Waals surface area (Å²) in [4.78, 5) is 14.0. The van der Waals surface area contributed by atoms with Crippen molar-refractivity contribution in [1.29, 1.82) is 0 Å². The summed E-state index contributed by atoms with van der Waals surface area (Å²) in [7, 11) is 5.25. The van der Waals surface area contributed by atoms with Crippen molar-refractivity contribution in [3.63, 3.8) is 0 Å². The van der Waals surface area contributed by atoms with Crippen molar-refractivity contribution in [1.82, 2.24) is 14.7 Å². The molecule has 1 N–H and O–H groups in total. The molecule has 0 bridgehead atoms. The SMILES string of the molecule is COc1c(C)cc(CN(C)C(=O)Nc2cc(C)nn2C)cc1C. The van der Waals surface area contributed by atoms with Crippen molar-refractivity contribution in [3.8, 4) is 5.75 Å². The molecule has 2 amide bonds. The summed E-state index contributed by atoms with van der Waals surface area (Å²) in [5, 5.41) is 7.08. The lowest BCUT2D eigenvalue weighted by molar-refractivity contribution is 0.220. The van der Waals surface area contributed by atoms with Gasteiger partial charge in [0.05, 0.1) is 12.8 Å². The second kappa shape index (κ2) is 6.73. The fraction of sp³-hybridized carbons (Fsp3) is 0.412. The molecule has 0 fully saturated rings. The maximum atomic E-state index is 12.3. The van der Waals surface area contributed by atoms with Crippen LogP contribution in [0.4, 0.5) is 10.6 Å². The van der Waals surface area contributed by atoms with Crippen LogP contribution in [-0.4, -0.2) is 34.9 Å². The second-order valence-electron chi connectivity index (χ2n) is 5.84. The summed E-state index contributed by atoms with van der Waals surface area (Å²) in [5.74, 6) is 1.58. The molecule has 0 radical (unpaired) electrons. The molecular weight excluding hydrogens is 292 g/mol. The lowest BCUT2D eigenvalue weighted by atomic mass is 10.1. The number of amides is 2. The van der Waals surface area contributed by atoms with Crippen LogP contribution in [0.2, 0.25) is 0 Å². The number of hydrogen-bond donors (Lipinski definition) is 1. The molecule has 1 aromatic carbocycles. The highest BCUT2D eigenvalue weighted by Gasteiger charge is 2.13. The molecule has 1 aromatic heterocycles. The zero-order valence-corrected chi connectivity index (χ0v) is 14.6. The van der Waals surface area contributed by atoms with Crippen LogP contribution in [0.25, 0.3) is 0 Å². The largest absolute Gasteiger partial charge is 0.496 e. The predicted molar refractivity (Wildman–Crippen MR) is 90.9 cm³/mol. The smallest absolute Gasteiger partial charge is 0.323 e. The fourth-order valence-corrected chi connectivity index (χ4v) is 2.73. The van der Waals surface area contributed by atoms with Crippen LogP contribution in [0, 0.1) is 20.8 Å². The summed E-state index contributed by atoms with van der Waals surface area (Å²) in [6.45, 7) is 6.43. The molecule has 0 atom stereocenters. The number of aromatic nitrogens is 2. The molecule has 0 saturated heterocycles. The number of carbonyl (C=O) groups is 1. The van der Waals surface area contributed by atoms with Gasteiger partial charge in [-0.05, 0) is 37.5 Å². The lowest BCUT2D eigenvalue weighted by Gasteiger charge is -2.19. The van der Waals surface area contributed by atoms with Crippen LogP contribution in [0.5, 0.6) is 5.75 Å². The van der Waals surface area contributed by atoms with Gasteiger partial charge in [-0.1, -0.05) is 12.1 Å². The highest BCUT2D eigenvalue weighted by Crippen LogP contribution is 2.24. The Morgan fingerprint density at radius 2 is 1.87 bits per heavy atom. The Balaban J connectivity index is 2.08. The first kappa shape index (κ1) is 16.9. The maximum Gasteiger partial charge on any atom is 0.323 e. The average molecular weight is 316 g/mol. The van der Waals surface area contributed by atoms with E-state index in [4.69, 9.17) is 4.74 Å². The third-order valence-electron chi connectivity index (χ3n) is 3.73. The molecule has 0 aliphatic carbocycles. The first-order valence-electron chi connectivity index (χ1n) is 7.48. The van der Waals surface area contributed by atoms with E-state index in [-0.39, 0.29) is 6.03 Å². The lowest BCUT2D eigenvalue weighted by Crippen LogP contribution is -2.31. The van der Waals surface area contributed by atoms with Gasteiger partial charge in [-0.15, -0.1) is 0 Å². The summed E-state index contributed by atoms with van der Waals surface area (Å²) >= 11 is 0. The summed E-state index contributed by atoms with van der Waals surface area (Å²) in [5.41, 5.74) is 4.07. The van der Waals surface area contributed by atoms with E-state index >= 15 is 0 Å². The van der Waals surface area contributed by atoms with Crippen LogP contribution >= 0.6 is 0 Å². The van der Waals surface area contributed by atoms with Crippen LogP contribution in [0.15, 0.2) is 18.2 Å². The third kappa shape index (κ3) is 3.83. The number of rotatable bonds is 4. The van der Waals surface area contributed by atoms with Crippen molar-refractivity contribution in [2.24, 2.45) is 7.05 Å². The molecule has 2 aromatic rings. The van der Waals surface area contributed by atoms with E-state index in [1.807, 2.05) is 39.0 Å². The van der Waals surface area contributed by atoms with E-state index < -0.39 is 0 Å². The minimum absolute atomic E-state index is 0.167. The minimum atomic E-state index is -0.167. The van der Waals surface area contributed by atoms with E-state index in [2.05, 4.69) is 10.4 Å². The zero-order valence-electron chi connectivity index (χ0n) is 14.6. The number of ether oxygens (including phenoxy) is 1. The Hall–Kier alpha value is -2.50. The molecule has 0 aliphatic heterocycles. The molecule has 23 heavy (non-hydrogen) atoms. The fourth-order valence-electron chi connectivity index (χ4n) is 2.73. The van der Waals surface area contributed by atoms with E-state index in [9.17, 15) is 4.79 Å². The highest BCUT2D eigenvalue weighted by atomic mass is 16.5. The van der Waals surface area contributed by atoms with Crippen LogP contribution in [-0.2, 0) is 13.6 Å². The van der Waals surface area contributed by atoms with Crippen molar-refractivity contribution in [2.45, 2.75) is 27.3 Å². The molecule has 0 aliphatic rings. The number of benzene rings is 1. The van der Waals surface area contributed by atoms with Gasteiger partial charge in [0.25, 0.3) is 0 Å². The second-order valence-corrected chi connectivity index (χ2v) is 5.84. The quantitative estimate of drug-likeness (QED) is 0.943. The molecule has 0 spiro atoms. The monoisotopic (exact) mass is 316 g/mol. The van der Waals surface area contributed by atoms with Crippen LogP contribution < -0.4 is 10.1 Å². The molecule has 6 nitrogen and oxygen atoms in total. The van der Waals surface area contributed by atoms with Crippen LogP contribution in [0.1, 0.15) is 22.4 Å². The van der Waals surface area contributed by atoms with Gasteiger partial charge in [0, 0.05) is 26.7 Å². The van der Waals surface area contributed by atoms with Crippen molar-refractivity contribution in [2.75, 3.05) is 19.5 Å². The molecular formula is C17H24N4O2. The summed E-state index contributed by atoms with van der Waals surface area (Å²) in [6.07, 6.45) is 0. The topological polar surface area (TPSA) is 59.4 Å². The number of nitrogens with one attached hydrogen (secondary N) is 1. The normalized spacial score (nSPS) is 10.5. The highest BCUT2D eigenvalue weighted by molar-refractivity contribution is 5.88. The van der Waals surface area contributed by atoms with E-state index in [0.717, 1.165) is 28.1 Å². The molecule has 1 heterocycles. The van der Waals surface area contributed by atoms with Gasteiger partial charge in [-0.25, -0.2) is 4.79 Å². The van der Waals surface area contributed by atoms with Gasteiger partial charge < -0.3 is 9.64 Å². The van der Waals surface area contributed by atoms with Gasteiger partial charge in [0.2, 0.25) is 0 Å². The van der Waals surface area contributed by atoms with Gasteiger partial charge in [-0.3, -0.25) is 10.00 Å². The van der Waals surface area contributed by atoms with Crippen molar-refractivity contribution in [3.05, 3.63) is 40.6 Å². The van der Waals surface area contributed by atoms with Gasteiger partial charge in [0.15, 0.2) is 0 Å². The Morgan fingerprint density at radius 1 is 1.26 bits per heavy atom. The summed E-state index contributed by atoms with van der Waals surface area (Å²) < 4.78 is 7.03. The Morgan fingerprint density at radius 3 is 2.35 bits per heavy atom. The van der Waals surface area contributed by atoms with Crippen LogP contribution in [0.3, 0.4) is 0 Å². The third-order valence-corrected chi connectivity index (χ3v) is 3.73. The zero-order chi connectivity index (χ0) is 17.1. The first-order chi connectivity index (χ1) is 10.8. The maximum absolute atomic E-state index is 12.3. The standard InChI is InChI=1S/C17H24N4O2/c1-11-7-14(8-12(2)16(11)23-6)10-20(4)17(22)18-15-9-13(3)19-21(15)5/h7-9H,10H2,1-6H3,(H,18,22). The first-order valence-corrected chi connectivity index (χ1v) is 7.48. The number of aryl methyl sites for hydroxylation is 4. The van der Waals surface area contributed by atoms with Gasteiger partial charge in [-0.2, -0.15) is 5.10 Å². The number of nitrogens with zero attached hydrogens (tertiary/aromatic N) is 3. The number of carbonyl (C=O) groups excluding carboxylic acids is 1. The average Bonchev–Trinajstić information content (AvgIpc) is 2.76. The van der Waals surface area contributed by atoms with Gasteiger partial charge in [0.1, 0.15) is 11.6 Å². The van der Waals surface area contributed by atoms with Gasteiger partial charge >= 0.3 is 6.03 Å². The predicted octanol–water partition coefficient (Wildman–Crippen LogP) is 3.02. The molecule has 6 heteroatoms. The van der Waals surface area contributed by atoms with Crippen molar-refractivity contribution >= 4 is 11.8 Å². The molecule has 0 unspecified atom stereocenters. The molecule has 2 rings (SSSR count). The Labute approximate surface area is 137 Å². The van der Waals surface area contributed by atoms with E-state index in [0.29, 0.717) is 12.4 Å².